The number of carboxylic acid groups (broad SMARTS) is 1. The number of aliphatic carboxylic acids is 1. The van der Waals surface area contributed by atoms with Crippen molar-refractivity contribution in [1.82, 2.24) is 10.6 Å². The number of carbonyl (C=O) groups excluding carboxylic acids is 2. The number of allylic oxidation sites excluding steroid dienone is 1. The molecule has 5 saturated heterocycles. The molecular formula is C43H73N3O30. The van der Waals surface area contributed by atoms with E-state index in [1.165, 1.54) is 12.2 Å². The van der Waals surface area contributed by atoms with Gasteiger partial charge in [0.2, 0.25) is 11.8 Å². The molecule has 0 spiro atoms. The summed E-state index contributed by atoms with van der Waals surface area (Å²) in [4.78, 5) is 38.7. The van der Waals surface area contributed by atoms with Crippen molar-refractivity contribution < 1.29 is 149 Å². The number of nitrogens with one attached hydrogen (secondary N) is 2. The molecule has 5 rings (SSSR count). The Kier molecular flexibility index (Phi) is 23.5. The van der Waals surface area contributed by atoms with Crippen LogP contribution in [0.2, 0.25) is 0 Å². The molecule has 28 atom stereocenters. The van der Waals surface area contributed by atoms with Crippen LogP contribution in [0.1, 0.15) is 27.2 Å². The second kappa shape index (κ2) is 28.0. The molecule has 5 fully saturated rings. The van der Waals surface area contributed by atoms with Crippen molar-refractivity contribution in [3.05, 3.63) is 12.2 Å². The Morgan fingerprint density at radius 3 is 1.70 bits per heavy atom. The number of aliphatic hydroxyl groups is 16. The lowest BCUT2D eigenvalue weighted by molar-refractivity contribution is -0.403. The number of hydrogen-bond donors (Lipinski definition) is 20. The van der Waals surface area contributed by atoms with E-state index in [1.807, 2.05) is 0 Å². The fraction of sp³-hybridized carbons (Fsp3) is 0.884. The summed E-state index contributed by atoms with van der Waals surface area (Å²) in [5.41, 5.74) is 5.94. The number of nitrogens with two attached hydrogens (primary N) is 1. The molecule has 21 N–H and O–H groups in total. The maximum atomic E-state index is 13.5. The Labute approximate surface area is 432 Å². The van der Waals surface area contributed by atoms with Crippen molar-refractivity contribution in [2.75, 3.05) is 39.6 Å². The van der Waals surface area contributed by atoms with E-state index in [-0.39, 0.29) is 0 Å². The molecule has 5 heterocycles. The molecule has 0 bridgehead atoms. The summed E-state index contributed by atoms with van der Waals surface area (Å²) in [6.45, 7) is -2.39. The molecule has 0 aliphatic carbocycles. The van der Waals surface area contributed by atoms with Crippen LogP contribution in [0.5, 0.6) is 0 Å². The molecule has 33 nitrogen and oxygen atoms in total. The quantitative estimate of drug-likeness (QED) is 0.0423. The van der Waals surface area contributed by atoms with E-state index in [1.54, 1.807) is 6.92 Å². The van der Waals surface area contributed by atoms with Crippen LogP contribution in [-0.2, 0) is 61.8 Å². The van der Waals surface area contributed by atoms with Crippen molar-refractivity contribution in [3.8, 4) is 0 Å². The molecule has 76 heavy (non-hydrogen) atoms. The van der Waals surface area contributed by atoms with Crippen LogP contribution in [0, 0.1) is 0 Å². The first kappa shape index (κ1) is 63.9. The summed E-state index contributed by atoms with van der Waals surface area (Å²) in [5, 5.41) is 188. The molecule has 5 aliphatic heterocycles. The summed E-state index contributed by atoms with van der Waals surface area (Å²) in [7, 11) is 0. The standard InChI is InChI=1S/C43H73N3O30/c1-4-5-16(54)15(44)12-67-39-31(63)29(61)33(21(10-50)70-39)72-41-32(64)37(76-43(42(65)66)6-17(55)23(45-13(2)52)36(75-43)25(57)18(56)7-47)34(22(11-51)71-41)73-38-24(46-14(3)53)35(27(59)20(9-49)68-38)74-40-30(62)28(60)26(58)19(8-48)69-40/h4-5,15-41,47-51,54-64H,6-12,44H2,1-3H3,(H,45,52)(H,46,53)(H,65,66)/b5-4+/t15-,16+,17-,18+,19+,20+,21+,22+,23+,24+,25+,26-,27-,28-,29+,30+,31+,32+,33+,34-,35+,36+,37+,38-,39+,40-,41-,43-/m0/s1. The van der Waals surface area contributed by atoms with Gasteiger partial charge in [-0.15, -0.1) is 0 Å². The molecular weight excluding hydrogens is 1040 g/mol. The average Bonchev–Trinajstić information content (AvgIpc) is 3.39. The van der Waals surface area contributed by atoms with Gasteiger partial charge in [0.25, 0.3) is 5.79 Å². The van der Waals surface area contributed by atoms with Gasteiger partial charge in [-0.25, -0.2) is 4.79 Å². The van der Waals surface area contributed by atoms with E-state index in [0.29, 0.717) is 0 Å². The fourth-order valence-electron chi connectivity index (χ4n) is 9.30. The van der Waals surface area contributed by atoms with E-state index in [9.17, 15) is 101 Å². The lowest BCUT2D eigenvalue weighted by Crippen LogP contribution is -2.72. The van der Waals surface area contributed by atoms with Crippen molar-refractivity contribution >= 4 is 17.8 Å². The second-order valence-corrected chi connectivity index (χ2v) is 18.8. The van der Waals surface area contributed by atoms with E-state index in [4.69, 9.17) is 53.1 Å². The number of carbonyl (C=O) groups is 3. The van der Waals surface area contributed by atoms with Gasteiger partial charge in [-0.3, -0.25) is 9.59 Å². The molecule has 0 aromatic carbocycles. The molecule has 0 aromatic heterocycles. The highest BCUT2D eigenvalue weighted by Crippen LogP contribution is 2.41. The molecule has 0 saturated carbocycles. The maximum absolute atomic E-state index is 13.5. The van der Waals surface area contributed by atoms with E-state index >= 15 is 0 Å². The first-order valence-electron chi connectivity index (χ1n) is 24.1. The van der Waals surface area contributed by atoms with Crippen LogP contribution in [0.3, 0.4) is 0 Å². The van der Waals surface area contributed by atoms with Crippen molar-refractivity contribution in [2.24, 2.45) is 5.73 Å². The third-order valence-corrected chi connectivity index (χ3v) is 13.4. The van der Waals surface area contributed by atoms with Crippen molar-refractivity contribution in [1.29, 1.82) is 0 Å². The van der Waals surface area contributed by atoms with E-state index < -0.39 is 235 Å². The number of ether oxygens (including phenoxy) is 10. The zero-order valence-corrected chi connectivity index (χ0v) is 41.2. The van der Waals surface area contributed by atoms with Gasteiger partial charge < -0.3 is 151 Å². The molecule has 33 heteroatoms. The molecule has 440 valence electrons. The Morgan fingerprint density at radius 2 is 1.13 bits per heavy atom. The minimum absolute atomic E-state index is 0.469. The highest BCUT2D eigenvalue weighted by atomic mass is 16.8. The van der Waals surface area contributed by atoms with Crippen LogP contribution in [0.4, 0.5) is 0 Å². The average molecular weight is 1110 g/mol. The van der Waals surface area contributed by atoms with Gasteiger partial charge in [0.15, 0.2) is 25.2 Å². The third-order valence-electron chi connectivity index (χ3n) is 13.4. The van der Waals surface area contributed by atoms with Gasteiger partial charge in [-0.2, -0.15) is 0 Å². The Bertz CT molecular complexity index is 1880. The maximum Gasteiger partial charge on any atom is 0.364 e. The highest BCUT2D eigenvalue weighted by molar-refractivity contribution is 5.76. The minimum atomic E-state index is -3.35. The SMILES string of the molecule is C/C=C/[C@@H](O)[C@@H](N)CO[C@@H]1O[C@H](CO)[C@@H](O[C@@H]2O[C@H](CO)[C@H](O[C@@H]3O[C@H](CO)[C@H](O)[C@H](O[C@@H]4O[C@H](CO)[C@H](O)[C@H](O)[C@H]4O)[C@H]3NC(C)=O)[C@H](O[C@]3(C(=O)O)C[C@H](O)[C@@H](NC(C)=O)[C@H]([C@H](O)[C@H](O)CO)O3)[C@H]2O)[C@H](O)[C@H]1O. The number of rotatable bonds is 23. The Morgan fingerprint density at radius 1 is 0.632 bits per heavy atom. The molecule has 5 aliphatic rings. The zero-order valence-electron chi connectivity index (χ0n) is 41.2. The highest BCUT2D eigenvalue weighted by Gasteiger charge is 2.62. The number of amides is 2. The molecule has 0 unspecified atom stereocenters. The minimum Gasteiger partial charge on any atom is -0.477 e. The van der Waals surface area contributed by atoms with Crippen molar-refractivity contribution in [2.45, 2.75) is 198 Å². The first-order chi connectivity index (χ1) is 35.8. The largest absolute Gasteiger partial charge is 0.477 e. The number of carboxylic acids is 1. The normalized spacial score (nSPS) is 43.9. The summed E-state index contributed by atoms with van der Waals surface area (Å²) < 4.78 is 58.3. The topological polar surface area (TPSA) is 538 Å². The summed E-state index contributed by atoms with van der Waals surface area (Å²) in [6, 6.07) is -4.71. The first-order valence-corrected chi connectivity index (χ1v) is 24.1. The molecule has 2 amide bonds. The van der Waals surface area contributed by atoms with Crippen LogP contribution in [-0.4, -0.2) is 315 Å². The number of hydrogen-bond acceptors (Lipinski definition) is 30. The van der Waals surface area contributed by atoms with Gasteiger partial charge >= 0.3 is 5.97 Å². The second-order valence-electron chi connectivity index (χ2n) is 18.8. The third kappa shape index (κ3) is 14.3. The van der Waals surface area contributed by atoms with Crippen molar-refractivity contribution in [3.63, 3.8) is 0 Å². The Hall–Kier alpha value is -2.93. The van der Waals surface area contributed by atoms with E-state index in [0.717, 1.165) is 13.8 Å². The van der Waals surface area contributed by atoms with Gasteiger partial charge in [-0.05, 0) is 6.92 Å². The Balaban J connectivity index is 1.58. The van der Waals surface area contributed by atoms with Gasteiger partial charge in [0, 0.05) is 20.3 Å². The fourth-order valence-corrected chi connectivity index (χ4v) is 9.30. The smallest absolute Gasteiger partial charge is 0.364 e. The zero-order chi connectivity index (χ0) is 56.7. The predicted molar refractivity (Wildman–Crippen MR) is 239 cm³/mol. The van der Waals surface area contributed by atoms with Crippen LogP contribution in [0.25, 0.3) is 0 Å². The van der Waals surface area contributed by atoms with E-state index in [2.05, 4.69) is 10.6 Å². The monoisotopic (exact) mass is 1110 g/mol. The van der Waals surface area contributed by atoms with Gasteiger partial charge in [0.1, 0.15) is 116 Å². The van der Waals surface area contributed by atoms with Crippen LogP contribution < -0.4 is 16.4 Å². The molecule has 0 radical (unpaired) electrons. The number of aliphatic hydroxyl groups excluding tert-OH is 16. The summed E-state index contributed by atoms with van der Waals surface area (Å²) >= 11 is 0. The molecule has 0 aromatic rings. The van der Waals surface area contributed by atoms with Gasteiger partial charge in [0.05, 0.1) is 63.9 Å². The summed E-state index contributed by atoms with van der Waals surface area (Å²) in [5.74, 6) is -7.29. The predicted octanol–water partition coefficient (Wildman–Crippen LogP) is -12.1. The van der Waals surface area contributed by atoms with Crippen LogP contribution >= 0.6 is 0 Å². The lowest BCUT2D eigenvalue weighted by Gasteiger charge is -2.52. The lowest BCUT2D eigenvalue weighted by atomic mass is 9.88. The van der Waals surface area contributed by atoms with Gasteiger partial charge in [-0.1, -0.05) is 12.2 Å². The van der Waals surface area contributed by atoms with Crippen LogP contribution in [0.15, 0.2) is 12.2 Å². The summed E-state index contributed by atoms with van der Waals surface area (Å²) in [6.07, 6.45) is -46.9.